The van der Waals surface area contributed by atoms with Crippen molar-refractivity contribution in [1.29, 1.82) is 0 Å². The third-order valence-electron chi connectivity index (χ3n) is 4.80. The largest absolute Gasteiger partial charge is 0.435 e. The van der Waals surface area contributed by atoms with Crippen LogP contribution < -0.4 is 14.8 Å². The molecule has 12 heteroatoms. The molecule has 3 aromatic carbocycles. The van der Waals surface area contributed by atoms with Gasteiger partial charge in [-0.3, -0.25) is 9.52 Å². The zero-order valence-electron chi connectivity index (χ0n) is 17.9. The van der Waals surface area contributed by atoms with Crippen LogP contribution in [0.15, 0.2) is 60.7 Å². The number of ether oxygens (including phenoxy) is 1. The SMILES string of the molecule is CS(=O)(=O)Nc1ccc2cc(C(=O)Nc3cc(OC(F)F)cc(-c4ccc(F)cc4F)c3)[nH]c2c1. The van der Waals surface area contributed by atoms with E-state index in [0.717, 1.165) is 30.5 Å². The summed E-state index contributed by atoms with van der Waals surface area (Å²) in [7, 11) is -3.50. The van der Waals surface area contributed by atoms with Gasteiger partial charge < -0.3 is 15.0 Å². The summed E-state index contributed by atoms with van der Waals surface area (Å²) in [5.74, 6) is -2.73. The molecule has 0 fully saturated rings. The second kappa shape index (κ2) is 9.29. The average Bonchev–Trinajstić information content (AvgIpc) is 3.15. The first kappa shape index (κ1) is 24.1. The molecule has 0 spiro atoms. The highest BCUT2D eigenvalue weighted by Crippen LogP contribution is 2.32. The minimum atomic E-state index is -3.50. The number of H-pyrrole nitrogens is 1. The van der Waals surface area contributed by atoms with E-state index in [1.165, 1.54) is 24.3 Å². The van der Waals surface area contributed by atoms with Crippen LogP contribution in [0.5, 0.6) is 5.75 Å². The summed E-state index contributed by atoms with van der Waals surface area (Å²) >= 11 is 0. The van der Waals surface area contributed by atoms with Crippen molar-refractivity contribution in [3.8, 4) is 16.9 Å². The number of hydrogen-bond acceptors (Lipinski definition) is 4. The predicted molar refractivity (Wildman–Crippen MR) is 123 cm³/mol. The molecule has 1 aromatic heterocycles. The van der Waals surface area contributed by atoms with Gasteiger partial charge in [-0.1, -0.05) is 6.07 Å². The lowest BCUT2D eigenvalue weighted by molar-refractivity contribution is -0.0497. The maximum absolute atomic E-state index is 14.3. The Morgan fingerprint density at radius 3 is 2.43 bits per heavy atom. The molecule has 0 bridgehead atoms. The highest BCUT2D eigenvalue weighted by Gasteiger charge is 2.16. The lowest BCUT2D eigenvalue weighted by Crippen LogP contribution is -2.12. The second-order valence-corrected chi connectivity index (χ2v) is 9.31. The summed E-state index contributed by atoms with van der Waals surface area (Å²) in [5, 5.41) is 3.13. The summed E-state index contributed by atoms with van der Waals surface area (Å²) in [5.41, 5.74) is 0.850. The van der Waals surface area contributed by atoms with E-state index in [0.29, 0.717) is 17.0 Å². The third-order valence-corrected chi connectivity index (χ3v) is 5.41. The number of fused-ring (bicyclic) bond motifs is 1. The van der Waals surface area contributed by atoms with Gasteiger partial charge >= 0.3 is 6.61 Å². The molecule has 7 nitrogen and oxygen atoms in total. The van der Waals surface area contributed by atoms with Crippen LogP contribution in [-0.2, 0) is 10.0 Å². The second-order valence-electron chi connectivity index (χ2n) is 7.56. The Bertz CT molecular complexity index is 1540. The first-order chi connectivity index (χ1) is 16.5. The van der Waals surface area contributed by atoms with Crippen molar-refractivity contribution in [2.75, 3.05) is 16.3 Å². The highest BCUT2D eigenvalue weighted by molar-refractivity contribution is 7.92. The van der Waals surface area contributed by atoms with E-state index in [-0.39, 0.29) is 33.9 Å². The summed E-state index contributed by atoms with van der Waals surface area (Å²) in [6, 6.07) is 12.5. The number of rotatable bonds is 7. The number of benzene rings is 3. The number of sulfonamides is 1. The molecule has 4 aromatic rings. The third kappa shape index (κ3) is 5.90. The zero-order chi connectivity index (χ0) is 25.3. The van der Waals surface area contributed by atoms with Gasteiger partial charge in [0.15, 0.2) is 0 Å². The van der Waals surface area contributed by atoms with Crippen molar-refractivity contribution in [3.05, 3.63) is 78.0 Å². The van der Waals surface area contributed by atoms with Gasteiger partial charge in [0.2, 0.25) is 10.0 Å². The van der Waals surface area contributed by atoms with Crippen molar-refractivity contribution < 1.29 is 35.5 Å². The molecule has 1 heterocycles. The summed E-state index contributed by atoms with van der Waals surface area (Å²) < 4.78 is 82.8. The molecular formula is C23H17F4N3O4S. The molecule has 0 unspecified atom stereocenters. The van der Waals surface area contributed by atoms with Crippen LogP contribution in [-0.4, -0.2) is 32.2 Å². The van der Waals surface area contributed by atoms with E-state index in [1.807, 2.05) is 0 Å². The first-order valence-electron chi connectivity index (χ1n) is 9.94. The van der Waals surface area contributed by atoms with E-state index >= 15 is 0 Å². The lowest BCUT2D eigenvalue weighted by Gasteiger charge is -2.12. The van der Waals surface area contributed by atoms with Crippen molar-refractivity contribution in [3.63, 3.8) is 0 Å². The molecule has 35 heavy (non-hydrogen) atoms. The van der Waals surface area contributed by atoms with Gasteiger partial charge in [-0.2, -0.15) is 8.78 Å². The van der Waals surface area contributed by atoms with Crippen LogP contribution >= 0.6 is 0 Å². The fraction of sp³-hybridized carbons (Fsp3) is 0.0870. The molecule has 3 N–H and O–H groups in total. The summed E-state index contributed by atoms with van der Waals surface area (Å²) in [4.78, 5) is 15.7. The fourth-order valence-electron chi connectivity index (χ4n) is 3.45. The Morgan fingerprint density at radius 1 is 0.971 bits per heavy atom. The Balaban J connectivity index is 1.65. The normalized spacial score (nSPS) is 11.6. The number of carbonyl (C=O) groups excluding carboxylic acids is 1. The van der Waals surface area contributed by atoms with Crippen LogP contribution in [0.2, 0.25) is 0 Å². The smallest absolute Gasteiger partial charge is 0.387 e. The van der Waals surface area contributed by atoms with Gasteiger partial charge in [0, 0.05) is 34.3 Å². The van der Waals surface area contributed by atoms with Crippen LogP contribution in [0.3, 0.4) is 0 Å². The van der Waals surface area contributed by atoms with E-state index < -0.39 is 34.2 Å². The van der Waals surface area contributed by atoms with Crippen molar-refractivity contribution in [1.82, 2.24) is 4.98 Å². The van der Waals surface area contributed by atoms with Crippen molar-refractivity contribution >= 4 is 38.2 Å². The minimum absolute atomic E-state index is 0.0185. The number of aromatic amines is 1. The molecule has 0 aliphatic heterocycles. The summed E-state index contributed by atoms with van der Waals surface area (Å²) in [6.45, 7) is -3.17. The molecule has 0 radical (unpaired) electrons. The topological polar surface area (TPSA) is 100 Å². The maximum Gasteiger partial charge on any atom is 0.387 e. The fourth-order valence-corrected chi connectivity index (χ4v) is 4.00. The van der Waals surface area contributed by atoms with E-state index in [1.54, 1.807) is 6.07 Å². The molecule has 4 rings (SSSR count). The van der Waals surface area contributed by atoms with Gasteiger partial charge in [0.05, 0.1) is 11.9 Å². The van der Waals surface area contributed by atoms with Gasteiger partial charge in [-0.25, -0.2) is 17.2 Å². The average molecular weight is 507 g/mol. The van der Waals surface area contributed by atoms with E-state index in [9.17, 15) is 30.8 Å². The van der Waals surface area contributed by atoms with Crippen LogP contribution in [0.25, 0.3) is 22.0 Å². The number of hydrogen-bond donors (Lipinski definition) is 3. The van der Waals surface area contributed by atoms with E-state index in [2.05, 4.69) is 19.8 Å². The molecule has 0 saturated carbocycles. The Morgan fingerprint density at radius 2 is 1.74 bits per heavy atom. The van der Waals surface area contributed by atoms with E-state index in [4.69, 9.17) is 0 Å². The molecule has 0 aliphatic rings. The quantitative estimate of drug-likeness (QED) is 0.294. The number of anilines is 2. The number of carbonyl (C=O) groups is 1. The Hall–Kier alpha value is -4.06. The maximum atomic E-state index is 14.3. The van der Waals surface area contributed by atoms with Crippen molar-refractivity contribution in [2.45, 2.75) is 6.61 Å². The monoisotopic (exact) mass is 507 g/mol. The summed E-state index contributed by atoms with van der Waals surface area (Å²) in [6.07, 6.45) is 1.00. The molecule has 0 atom stereocenters. The van der Waals surface area contributed by atoms with Crippen LogP contribution in [0.1, 0.15) is 10.5 Å². The zero-order valence-corrected chi connectivity index (χ0v) is 18.7. The molecular weight excluding hydrogens is 490 g/mol. The van der Waals surface area contributed by atoms with Gasteiger partial charge in [-0.15, -0.1) is 0 Å². The van der Waals surface area contributed by atoms with Gasteiger partial charge in [0.25, 0.3) is 5.91 Å². The molecule has 0 saturated heterocycles. The van der Waals surface area contributed by atoms with Crippen molar-refractivity contribution in [2.24, 2.45) is 0 Å². The Kier molecular flexibility index (Phi) is 6.39. The number of nitrogens with one attached hydrogen (secondary N) is 3. The van der Waals surface area contributed by atoms with Crippen LogP contribution in [0, 0.1) is 11.6 Å². The number of alkyl halides is 2. The molecule has 0 aliphatic carbocycles. The Labute approximate surface area is 196 Å². The molecule has 182 valence electrons. The first-order valence-corrected chi connectivity index (χ1v) is 11.8. The predicted octanol–water partition coefficient (Wildman–Crippen LogP) is 5.34. The van der Waals surface area contributed by atoms with Crippen LogP contribution in [0.4, 0.5) is 28.9 Å². The van der Waals surface area contributed by atoms with Gasteiger partial charge in [0.1, 0.15) is 23.1 Å². The minimum Gasteiger partial charge on any atom is -0.435 e. The number of halogens is 4. The molecule has 1 amide bonds. The highest BCUT2D eigenvalue weighted by atomic mass is 32.2. The number of amides is 1. The lowest BCUT2D eigenvalue weighted by atomic mass is 10.0. The number of aromatic nitrogens is 1. The standard InChI is InChI=1S/C23H17F4N3O4S/c1-35(32,33)30-15-4-2-12-8-21(29-20(12)11-15)22(31)28-16-6-13(7-17(10-16)34-23(26)27)18-5-3-14(24)9-19(18)25/h2-11,23,29-30H,1H3,(H,28,31). The van der Waals surface area contributed by atoms with Gasteiger partial charge in [-0.05, 0) is 48.0 Å².